The van der Waals surface area contributed by atoms with E-state index in [1.54, 1.807) is 0 Å². The number of hydrogen-bond donors (Lipinski definition) is 2. The van der Waals surface area contributed by atoms with Crippen LogP contribution in [0.3, 0.4) is 0 Å². The Balaban J connectivity index is 2.51. The predicted molar refractivity (Wildman–Crippen MR) is 98.0 cm³/mol. The summed E-state index contributed by atoms with van der Waals surface area (Å²) >= 11 is 0. The fraction of sp³-hybridized carbons (Fsp3) is 0.611. The maximum atomic E-state index is 5.93. The molecule has 1 aromatic rings. The highest BCUT2D eigenvalue weighted by Gasteiger charge is 2.04. The lowest BCUT2D eigenvalue weighted by molar-refractivity contribution is 0.221. The van der Waals surface area contributed by atoms with E-state index in [2.05, 4.69) is 36.0 Å². The molecule has 0 fully saturated rings. The highest BCUT2D eigenvalue weighted by atomic mass is 16.5. The molecular weight excluding hydrogens is 288 g/mol. The Morgan fingerprint density at radius 1 is 1.22 bits per heavy atom. The Kier molecular flexibility index (Phi) is 9.87. The molecule has 0 spiro atoms. The van der Waals surface area contributed by atoms with Crippen LogP contribution in [0.2, 0.25) is 0 Å². The summed E-state index contributed by atoms with van der Waals surface area (Å²) < 4.78 is 5.93. The third kappa shape index (κ3) is 7.88. The summed E-state index contributed by atoms with van der Waals surface area (Å²) in [7, 11) is 0. The minimum atomic E-state index is 0.497. The summed E-state index contributed by atoms with van der Waals surface area (Å²) in [6.07, 6.45) is 2.24. The fourth-order valence-corrected chi connectivity index (χ4v) is 2.22. The largest absolute Gasteiger partial charge is 0.492 e. The number of nitrogens with one attached hydrogen (secondary N) is 1. The molecule has 0 radical (unpaired) electrons. The molecule has 0 atom stereocenters. The van der Waals surface area contributed by atoms with E-state index in [-0.39, 0.29) is 0 Å². The molecule has 1 rings (SSSR count). The topological polar surface area (TPSA) is 62.9 Å². The predicted octanol–water partition coefficient (Wildman–Crippen LogP) is 2.61. The van der Waals surface area contributed by atoms with Gasteiger partial charge < -0.3 is 20.7 Å². The van der Waals surface area contributed by atoms with E-state index >= 15 is 0 Å². The van der Waals surface area contributed by atoms with Gasteiger partial charge in [-0.15, -0.1) is 0 Å². The van der Waals surface area contributed by atoms with Crippen LogP contribution in [0.25, 0.3) is 0 Å². The summed E-state index contributed by atoms with van der Waals surface area (Å²) in [5, 5.41) is 3.13. The molecule has 0 heterocycles. The number of nitrogens with zero attached hydrogens (tertiary/aromatic N) is 2. The second-order valence-electron chi connectivity index (χ2n) is 5.46. The molecule has 130 valence electrons. The molecule has 5 nitrogen and oxygen atoms in total. The molecule has 0 aliphatic heterocycles. The summed E-state index contributed by atoms with van der Waals surface area (Å²) in [5.74, 6) is 1.39. The lowest BCUT2D eigenvalue weighted by Crippen LogP contribution is -2.32. The highest BCUT2D eigenvalue weighted by Crippen LogP contribution is 2.18. The zero-order valence-corrected chi connectivity index (χ0v) is 14.8. The Labute approximate surface area is 140 Å². The Morgan fingerprint density at radius 2 is 1.96 bits per heavy atom. The number of aliphatic imine (C=N–C) groups is 1. The van der Waals surface area contributed by atoms with Crippen LogP contribution in [0.15, 0.2) is 29.3 Å². The molecule has 5 heteroatoms. The van der Waals surface area contributed by atoms with Crippen LogP contribution in [0.1, 0.15) is 39.2 Å². The van der Waals surface area contributed by atoms with E-state index in [9.17, 15) is 0 Å². The lowest BCUT2D eigenvalue weighted by atomic mass is 10.2. The van der Waals surface area contributed by atoms with Gasteiger partial charge in [0.2, 0.25) is 0 Å². The molecule has 0 unspecified atom stereocenters. The van der Waals surface area contributed by atoms with E-state index < -0.39 is 0 Å². The summed E-state index contributed by atoms with van der Waals surface area (Å²) in [6.45, 7) is 11.6. The molecule has 0 aromatic heterocycles. The number of para-hydroxylation sites is 1. The van der Waals surface area contributed by atoms with E-state index in [1.165, 1.54) is 0 Å². The van der Waals surface area contributed by atoms with Crippen molar-refractivity contribution < 1.29 is 4.74 Å². The monoisotopic (exact) mass is 320 g/mol. The summed E-state index contributed by atoms with van der Waals surface area (Å²) in [4.78, 5) is 6.74. The van der Waals surface area contributed by atoms with E-state index in [0.717, 1.165) is 50.3 Å². The highest BCUT2D eigenvalue weighted by molar-refractivity contribution is 5.77. The number of likely N-dealkylation sites (N-methyl/N-ethyl adjacent to an activating group) is 1. The van der Waals surface area contributed by atoms with Crippen LogP contribution in [-0.4, -0.2) is 43.6 Å². The van der Waals surface area contributed by atoms with Crippen molar-refractivity contribution in [2.24, 2.45) is 10.7 Å². The van der Waals surface area contributed by atoms with E-state index in [1.807, 2.05) is 24.3 Å². The first-order valence-electron chi connectivity index (χ1n) is 8.68. The van der Waals surface area contributed by atoms with Gasteiger partial charge in [0.15, 0.2) is 5.96 Å². The molecule has 0 saturated carbocycles. The molecule has 1 aromatic carbocycles. The zero-order chi connectivity index (χ0) is 16.9. The number of hydrogen-bond acceptors (Lipinski definition) is 3. The number of unbranched alkanes of at least 4 members (excludes halogenated alkanes) is 1. The van der Waals surface area contributed by atoms with Crippen LogP contribution in [-0.2, 0) is 6.54 Å². The van der Waals surface area contributed by atoms with Gasteiger partial charge in [0.05, 0.1) is 6.54 Å². The average molecular weight is 320 g/mol. The maximum absolute atomic E-state index is 5.93. The SMILES string of the molecule is CCCCNC(N)=NCc1ccccc1OCCN(CC)CC. The van der Waals surface area contributed by atoms with Gasteiger partial charge >= 0.3 is 0 Å². The number of guanidine groups is 1. The van der Waals surface area contributed by atoms with E-state index in [4.69, 9.17) is 10.5 Å². The van der Waals surface area contributed by atoms with Crippen LogP contribution in [0.5, 0.6) is 5.75 Å². The van der Waals surface area contributed by atoms with Gasteiger partial charge in [-0.25, -0.2) is 4.99 Å². The summed E-state index contributed by atoms with van der Waals surface area (Å²) in [6, 6.07) is 8.02. The minimum Gasteiger partial charge on any atom is -0.492 e. The molecule has 23 heavy (non-hydrogen) atoms. The second-order valence-corrected chi connectivity index (χ2v) is 5.46. The van der Waals surface area contributed by atoms with Crippen molar-refractivity contribution in [2.45, 2.75) is 40.2 Å². The molecule has 0 amide bonds. The third-order valence-electron chi connectivity index (χ3n) is 3.79. The molecular formula is C18H32N4O. The first-order valence-corrected chi connectivity index (χ1v) is 8.68. The molecule has 0 saturated heterocycles. The van der Waals surface area contributed by atoms with Crippen LogP contribution < -0.4 is 15.8 Å². The van der Waals surface area contributed by atoms with Crippen molar-refractivity contribution in [2.75, 3.05) is 32.8 Å². The standard InChI is InChI=1S/C18H32N4O/c1-4-7-12-20-18(19)21-15-16-10-8-9-11-17(16)23-14-13-22(5-2)6-3/h8-11H,4-7,12-15H2,1-3H3,(H3,19,20,21). The molecule has 3 N–H and O–H groups in total. The van der Waals surface area contributed by atoms with Gasteiger partial charge in [-0.3, -0.25) is 0 Å². The smallest absolute Gasteiger partial charge is 0.188 e. The Hall–Kier alpha value is -1.75. The van der Waals surface area contributed by atoms with Crippen LogP contribution in [0.4, 0.5) is 0 Å². The second kappa shape index (κ2) is 11.8. The minimum absolute atomic E-state index is 0.497. The van der Waals surface area contributed by atoms with E-state index in [0.29, 0.717) is 19.1 Å². The summed E-state index contributed by atoms with van der Waals surface area (Å²) in [5.41, 5.74) is 6.94. The fourth-order valence-electron chi connectivity index (χ4n) is 2.22. The van der Waals surface area contributed by atoms with Gasteiger partial charge in [0, 0.05) is 18.7 Å². The Morgan fingerprint density at radius 3 is 2.65 bits per heavy atom. The zero-order valence-electron chi connectivity index (χ0n) is 14.8. The van der Waals surface area contributed by atoms with Gasteiger partial charge in [-0.2, -0.15) is 0 Å². The van der Waals surface area contributed by atoms with Crippen molar-refractivity contribution in [3.05, 3.63) is 29.8 Å². The van der Waals surface area contributed by atoms with Gasteiger partial charge in [0.25, 0.3) is 0 Å². The van der Waals surface area contributed by atoms with Gasteiger partial charge in [-0.05, 0) is 25.6 Å². The van der Waals surface area contributed by atoms with Crippen molar-refractivity contribution in [3.8, 4) is 5.75 Å². The van der Waals surface area contributed by atoms with Gasteiger partial charge in [0.1, 0.15) is 12.4 Å². The molecule has 0 aliphatic rings. The van der Waals surface area contributed by atoms with Crippen molar-refractivity contribution in [1.82, 2.24) is 10.2 Å². The first kappa shape index (κ1) is 19.3. The molecule has 0 bridgehead atoms. The number of nitrogens with two attached hydrogens (primary N) is 1. The maximum Gasteiger partial charge on any atom is 0.188 e. The lowest BCUT2D eigenvalue weighted by Gasteiger charge is -2.18. The van der Waals surface area contributed by atoms with Crippen molar-refractivity contribution in [3.63, 3.8) is 0 Å². The van der Waals surface area contributed by atoms with Crippen molar-refractivity contribution >= 4 is 5.96 Å². The number of rotatable bonds is 11. The average Bonchev–Trinajstić information content (AvgIpc) is 2.58. The Bertz CT molecular complexity index is 458. The quantitative estimate of drug-likeness (QED) is 0.374. The van der Waals surface area contributed by atoms with Crippen molar-refractivity contribution in [1.29, 1.82) is 0 Å². The third-order valence-corrected chi connectivity index (χ3v) is 3.79. The molecule has 0 aliphatic carbocycles. The number of benzene rings is 1. The van der Waals surface area contributed by atoms with Crippen LogP contribution >= 0.6 is 0 Å². The number of ether oxygens (including phenoxy) is 1. The van der Waals surface area contributed by atoms with Gasteiger partial charge in [-0.1, -0.05) is 45.4 Å². The van der Waals surface area contributed by atoms with Crippen LogP contribution in [0, 0.1) is 0 Å². The first-order chi connectivity index (χ1) is 11.2. The normalized spacial score (nSPS) is 11.7.